The maximum absolute atomic E-state index is 11.2. The Bertz CT molecular complexity index is 401. The number of thioether (sulfide) groups is 1. The number of H-pyrrole nitrogens is 1. The predicted molar refractivity (Wildman–Crippen MR) is 62.9 cm³/mol. The Hall–Kier alpha value is -0.850. The molecule has 0 amide bonds. The van der Waals surface area contributed by atoms with Crippen LogP contribution in [0.5, 0.6) is 0 Å². The number of ether oxygens (including phenoxy) is 1. The molecule has 1 aromatic rings. The highest BCUT2D eigenvalue weighted by Gasteiger charge is 2.14. The number of rotatable bonds is 3. The number of morpholine rings is 1. The second-order valence-electron chi connectivity index (χ2n) is 3.70. The van der Waals surface area contributed by atoms with Crippen LogP contribution < -0.4 is 10.9 Å². The fourth-order valence-corrected chi connectivity index (χ4v) is 2.46. The summed E-state index contributed by atoms with van der Waals surface area (Å²) < 4.78 is 5.56. The van der Waals surface area contributed by atoms with Gasteiger partial charge in [-0.05, 0) is 6.92 Å². The Morgan fingerprint density at radius 2 is 2.56 bits per heavy atom. The van der Waals surface area contributed by atoms with Crippen molar-refractivity contribution in [2.24, 2.45) is 0 Å². The van der Waals surface area contributed by atoms with Crippen LogP contribution >= 0.6 is 11.8 Å². The van der Waals surface area contributed by atoms with E-state index in [0.717, 1.165) is 31.1 Å². The Kier molecular flexibility index (Phi) is 3.98. The van der Waals surface area contributed by atoms with Crippen LogP contribution in [0.1, 0.15) is 5.69 Å². The number of aromatic amines is 1. The molecule has 1 fully saturated rings. The molecule has 1 atom stereocenters. The van der Waals surface area contributed by atoms with E-state index in [0.29, 0.717) is 5.16 Å². The third-order valence-corrected chi connectivity index (χ3v) is 3.26. The zero-order chi connectivity index (χ0) is 11.4. The highest BCUT2D eigenvalue weighted by Crippen LogP contribution is 2.14. The summed E-state index contributed by atoms with van der Waals surface area (Å²) in [5.41, 5.74) is 0.645. The van der Waals surface area contributed by atoms with Gasteiger partial charge in [-0.2, -0.15) is 0 Å². The van der Waals surface area contributed by atoms with Gasteiger partial charge >= 0.3 is 0 Å². The third kappa shape index (κ3) is 3.33. The van der Waals surface area contributed by atoms with E-state index in [1.165, 1.54) is 17.8 Å². The summed E-state index contributed by atoms with van der Waals surface area (Å²) in [5, 5.41) is 3.93. The number of hydrogen-bond donors (Lipinski definition) is 2. The minimum Gasteiger partial charge on any atom is -0.375 e. The SMILES string of the molecule is Cc1cc(=O)[nH]c(SCC2CNCCO2)n1. The van der Waals surface area contributed by atoms with Crippen LogP contribution in [0.25, 0.3) is 0 Å². The van der Waals surface area contributed by atoms with Crippen molar-refractivity contribution < 1.29 is 4.74 Å². The van der Waals surface area contributed by atoms with Gasteiger partial charge in [-0.3, -0.25) is 4.79 Å². The lowest BCUT2D eigenvalue weighted by molar-refractivity contribution is 0.0440. The average molecular weight is 241 g/mol. The van der Waals surface area contributed by atoms with Crippen molar-refractivity contribution in [3.05, 3.63) is 22.1 Å². The molecule has 0 radical (unpaired) electrons. The van der Waals surface area contributed by atoms with Crippen molar-refractivity contribution in [2.45, 2.75) is 18.2 Å². The van der Waals surface area contributed by atoms with Gasteiger partial charge in [0, 0.05) is 30.6 Å². The molecule has 0 aromatic carbocycles. The molecule has 16 heavy (non-hydrogen) atoms. The molecule has 88 valence electrons. The van der Waals surface area contributed by atoms with Gasteiger partial charge < -0.3 is 15.0 Å². The highest BCUT2D eigenvalue weighted by molar-refractivity contribution is 7.99. The molecule has 0 aliphatic carbocycles. The van der Waals surface area contributed by atoms with Crippen molar-refractivity contribution >= 4 is 11.8 Å². The van der Waals surface area contributed by atoms with Crippen LogP contribution in [0, 0.1) is 6.92 Å². The van der Waals surface area contributed by atoms with Gasteiger partial charge in [0.2, 0.25) is 0 Å². The van der Waals surface area contributed by atoms with Crippen LogP contribution in [0.2, 0.25) is 0 Å². The van der Waals surface area contributed by atoms with E-state index in [-0.39, 0.29) is 11.7 Å². The van der Waals surface area contributed by atoms with E-state index in [4.69, 9.17) is 4.74 Å². The molecule has 1 unspecified atom stereocenters. The Morgan fingerprint density at radius 1 is 1.69 bits per heavy atom. The first-order chi connectivity index (χ1) is 7.74. The standard InChI is InChI=1S/C10H15N3O2S/c1-7-4-9(14)13-10(12-7)16-6-8-5-11-2-3-15-8/h4,8,11H,2-3,5-6H2,1H3,(H,12,13,14). The van der Waals surface area contributed by atoms with Gasteiger partial charge in [-0.1, -0.05) is 11.8 Å². The minimum atomic E-state index is -0.0994. The Labute approximate surface area is 98.0 Å². The molecular weight excluding hydrogens is 226 g/mol. The largest absolute Gasteiger partial charge is 0.375 e. The molecule has 2 N–H and O–H groups in total. The molecule has 0 spiro atoms. The molecule has 1 aliphatic heterocycles. The van der Waals surface area contributed by atoms with Crippen molar-refractivity contribution in [3.8, 4) is 0 Å². The summed E-state index contributed by atoms with van der Waals surface area (Å²) in [6.45, 7) is 4.35. The summed E-state index contributed by atoms with van der Waals surface area (Å²) in [5.74, 6) is 0.805. The van der Waals surface area contributed by atoms with Crippen molar-refractivity contribution in [1.82, 2.24) is 15.3 Å². The second kappa shape index (κ2) is 5.47. The van der Waals surface area contributed by atoms with E-state index in [2.05, 4.69) is 15.3 Å². The first-order valence-electron chi connectivity index (χ1n) is 5.27. The lowest BCUT2D eigenvalue weighted by atomic mass is 10.3. The number of aryl methyl sites for hydroxylation is 1. The van der Waals surface area contributed by atoms with Crippen molar-refractivity contribution in [2.75, 3.05) is 25.4 Å². The molecule has 1 aromatic heterocycles. The summed E-state index contributed by atoms with van der Waals surface area (Å²) in [4.78, 5) is 18.2. The van der Waals surface area contributed by atoms with Crippen LogP contribution in [0.3, 0.4) is 0 Å². The van der Waals surface area contributed by atoms with Gasteiger partial charge in [0.15, 0.2) is 5.16 Å². The zero-order valence-corrected chi connectivity index (χ0v) is 9.97. The molecule has 1 saturated heterocycles. The lowest BCUT2D eigenvalue weighted by Gasteiger charge is -2.22. The summed E-state index contributed by atoms with van der Waals surface area (Å²) in [6, 6.07) is 1.49. The monoisotopic (exact) mass is 241 g/mol. The summed E-state index contributed by atoms with van der Waals surface area (Å²) >= 11 is 1.52. The summed E-state index contributed by atoms with van der Waals surface area (Å²) in [7, 11) is 0. The quantitative estimate of drug-likeness (QED) is 0.583. The molecule has 0 bridgehead atoms. The second-order valence-corrected chi connectivity index (χ2v) is 4.71. The topological polar surface area (TPSA) is 67.0 Å². The van der Waals surface area contributed by atoms with Crippen LogP contribution in [0.4, 0.5) is 0 Å². The Balaban J connectivity index is 1.90. The van der Waals surface area contributed by atoms with Crippen molar-refractivity contribution in [1.29, 1.82) is 0 Å². The van der Waals surface area contributed by atoms with Gasteiger partial charge in [-0.25, -0.2) is 4.98 Å². The molecule has 1 aliphatic rings. The predicted octanol–water partition coefficient (Wildman–Crippen LogP) is 0.159. The van der Waals surface area contributed by atoms with Gasteiger partial charge in [0.1, 0.15) is 0 Å². The molecule has 6 heteroatoms. The van der Waals surface area contributed by atoms with E-state index in [1.807, 2.05) is 6.92 Å². The number of nitrogens with one attached hydrogen (secondary N) is 2. The lowest BCUT2D eigenvalue weighted by Crippen LogP contribution is -2.39. The van der Waals surface area contributed by atoms with Crippen molar-refractivity contribution in [3.63, 3.8) is 0 Å². The molecule has 0 saturated carbocycles. The third-order valence-electron chi connectivity index (χ3n) is 2.26. The maximum atomic E-state index is 11.2. The van der Waals surface area contributed by atoms with Crippen LogP contribution in [-0.2, 0) is 4.74 Å². The molecule has 2 rings (SSSR count). The number of hydrogen-bond acceptors (Lipinski definition) is 5. The summed E-state index contributed by atoms with van der Waals surface area (Å²) in [6.07, 6.45) is 0.199. The van der Waals surface area contributed by atoms with Crippen LogP contribution in [-0.4, -0.2) is 41.5 Å². The maximum Gasteiger partial charge on any atom is 0.251 e. The number of nitrogens with zero attached hydrogens (tertiary/aromatic N) is 1. The van der Waals surface area contributed by atoms with E-state index in [1.54, 1.807) is 0 Å². The normalized spacial score (nSPS) is 20.9. The fourth-order valence-electron chi connectivity index (χ4n) is 1.52. The van der Waals surface area contributed by atoms with E-state index < -0.39 is 0 Å². The highest BCUT2D eigenvalue weighted by atomic mass is 32.2. The van der Waals surface area contributed by atoms with Gasteiger partial charge in [0.25, 0.3) is 5.56 Å². The molecule has 2 heterocycles. The fraction of sp³-hybridized carbons (Fsp3) is 0.600. The van der Waals surface area contributed by atoms with Crippen LogP contribution in [0.15, 0.2) is 16.0 Å². The zero-order valence-electron chi connectivity index (χ0n) is 9.16. The smallest absolute Gasteiger partial charge is 0.251 e. The Morgan fingerprint density at radius 3 is 3.25 bits per heavy atom. The van der Waals surface area contributed by atoms with Gasteiger partial charge in [0.05, 0.1) is 12.7 Å². The van der Waals surface area contributed by atoms with E-state index >= 15 is 0 Å². The average Bonchev–Trinajstić information content (AvgIpc) is 2.27. The van der Waals surface area contributed by atoms with E-state index in [9.17, 15) is 4.79 Å². The minimum absolute atomic E-state index is 0.0994. The van der Waals surface area contributed by atoms with Gasteiger partial charge in [-0.15, -0.1) is 0 Å². The first kappa shape index (κ1) is 11.6. The molecule has 5 nitrogen and oxygen atoms in total. The molecular formula is C10H15N3O2S. The number of aromatic nitrogens is 2. The first-order valence-corrected chi connectivity index (χ1v) is 6.26.